The first-order valence-electron chi connectivity index (χ1n) is 6.53. The Hall–Kier alpha value is -1.39. The molecule has 0 bridgehead atoms. The van der Waals surface area contributed by atoms with Crippen LogP contribution in [0.15, 0.2) is 29.6 Å². The van der Waals surface area contributed by atoms with E-state index in [-0.39, 0.29) is 0 Å². The minimum Gasteiger partial charge on any atom is -0.357 e. The maximum atomic E-state index is 5.67. The SMILES string of the molecule is Cc1nc(N(C)C(C)Cc2cccs2)ccc1CN. The van der Waals surface area contributed by atoms with Crippen molar-refractivity contribution in [2.24, 2.45) is 5.73 Å². The number of aromatic nitrogens is 1. The van der Waals surface area contributed by atoms with Crippen molar-refractivity contribution in [1.82, 2.24) is 4.98 Å². The van der Waals surface area contributed by atoms with Crippen molar-refractivity contribution in [3.63, 3.8) is 0 Å². The predicted molar refractivity (Wildman–Crippen MR) is 82.8 cm³/mol. The van der Waals surface area contributed by atoms with Crippen LogP contribution in [-0.2, 0) is 13.0 Å². The molecule has 0 saturated heterocycles. The van der Waals surface area contributed by atoms with Crippen LogP contribution in [-0.4, -0.2) is 18.1 Å². The molecule has 0 spiro atoms. The Kier molecular flexibility index (Phi) is 4.56. The molecule has 0 fully saturated rings. The van der Waals surface area contributed by atoms with Crippen LogP contribution in [0.5, 0.6) is 0 Å². The molecule has 0 aliphatic rings. The number of anilines is 1. The van der Waals surface area contributed by atoms with Gasteiger partial charge in [-0.15, -0.1) is 11.3 Å². The van der Waals surface area contributed by atoms with E-state index in [0.29, 0.717) is 12.6 Å². The second kappa shape index (κ2) is 6.17. The van der Waals surface area contributed by atoms with Crippen molar-refractivity contribution in [2.45, 2.75) is 32.9 Å². The average Bonchev–Trinajstić information content (AvgIpc) is 2.90. The fourth-order valence-electron chi connectivity index (χ4n) is 2.07. The van der Waals surface area contributed by atoms with E-state index in [1.165, 1.54) is 4.88 Å². The summed E-state index contributed by atoms with van der Waals surface area (Å²) in [4.78, 5) is 8.28. The molecular formula is C15H21N3S. The molecule has 0 aliphatic heterocycles. The zero-order chi connectivity index (χ0) is 13.8. The van der Waals surface area contributed by atoms with Gasteiger partial charge < -0.3 is 10.6 Å². The van der Waals surface area contributed by atoms with E-state index in [4.69, 9.17) is 5.73 Å². The Bertz CT molecular complexity index is 522. The molecular weight excluding hydrogens is 254 g/mol. The molecule has 2 aromatic heterocycles. The van der Waals surface area contributed by atoms with E-state index < -0.39 is 0 Å². The summed E-state index contributed by atoms with van der Waals surface area (Å²) in [6, 6.07) is 8.84. The van der Waals surface area contributed by atoms with E-state index >= 15 is 0 Å². The molecule has 0 aliphatic carbocycles. The molecule has 102 valence electrons. The third kappa shape index (κ3) is 3.33. The highest BCUT2D eigenvalue weighted by atomic mass is 32.1. The zero-order valence-electron chi connectivity index (χ0n) is 11.8. The van der Waals surface area contributed by atoms with Crippen LogP contribution in [0.4, 0.5) is 5.82 Å². The fraction of sp³-hybridized carbons (Fsp3) is 0.400. The molecule has 2 N–H and O–H groups in total. The molecule has 2 rings (SSSR count). The second-order valence-corrected chi connectivity index (χ2v) is 5.89. The molecule has 0 radical (unpaired) electrons. The normalized spacial score (nSPS) is 12.4. The maximum absolute atomic E-state index is 5.67. The van der Waals surface area contributed by atoms with Gasteiger partial charge in [0.05, 0.1) is 0 Å². The lowest BCUT2D eigenvalue weighted by Crippen LogP contribution is -2.31. The predicted octanol–water partition coefficient (Wildman–Crippen LogP) is 2.98. The van der Waals surface area contributed by atoms with E-state index in [0.717, 1.165) is 23.5 Å². The van der Waals surface area contributed by atoms with Gasteiger partial charge in [-0.3, -0.25) is 0 Å². The maximum Gasteiger partial charge on any atom is 0.128 e. The molecule has 2 aromatic rings. The van der Waals surface area contributed by atoms with Crippen LogP contribution in [0.1, 0.15) is 23.1 Å². The molecule has 0 amide bonds. The summed E-state index contributed by atoms with van der Waals surface area (Å²) in [5, 5.41) is 2.13. The Morgan fingerprint density at radius 2 is 2.16 bits per heavy atom. The van der Waals surface area contributed by atoms with Gasteiger partial charge in [0, 0.05) is 36.6 Å². The van der Waals surface area contributed by atoms with Crippen molar-refractivity contribution in [3.05, 3.63) is 45.8 Å². The molecule has 4 heteroatoms. The molecule has 0 aromatic carbocycles. The van der Waals surface area contributed by atoms with Crippen LogP contribution in [0.3, 0.4) is 0 Å². The number of hydrogen-bond donors (Lipinski definition) is 1. The molecule has 3 nitrogen and oxygen atoms in total. The van der Waals surface area contributed by atoms with Gasteiger partial charge in [0.2, 0.25) is 0 Å². The van der Waals surface area contributed by atoms with E-state index in [9.17, 15) is 0 Å². The summed E-state index contributed by atoms with van der Waals surface area (Å²) in [6.45, 7) is 4.80. The quantitative estimate of drug-likeness (QED) is 0.912. The minimum absolute atomic E-state index is 0.425. The first-order valence-corrected chi connectivity index (χ1v) is 7.41. The first-order chi connectivity index (χ1) is 9.11. The lowest BCUT2D eigenvalue weighted by Gasteiger charge is -2.26. The van der Waals surface area contributed by atoms with Crippen LogP contribution in [0, 0.1) is 6.92 Å². The van der Waals surface area contributed by atoms with Crippen LogP contribution >= 0.6 is 11.3 Å². The van der Waals surface area contributed by atoms with E-state index in [2.05, 4.69) is 53.5 Å². The summed E-state index contributed by atoms with van der Waals surface area (Å²) in [5.74, 6) is 1.01. The van der Waals surface area contributed by atoms with E-state index in [1.807, 2.05) is 18.3 Å². The molecule has 19 heavy (non-hydrogen) atoms. The lowest BCUT2D eigenvalue weighted by atomic mass is 10.1. The fourth-order valence-corrected chi connectivity index (χ4v) is 2.90. The summed E-state index contributed by atoms with van der Waals surface area (Å²) < 4.78 is 0. The van der Waals surface area contributed by atoms with Crippen molar-refractivity contribution in [3.8, 4) is 0 Å². The standard InChI is InChI=1S/C15H21N3S/c1-11(9-14-5-4-8-19-14)18(3)15-7-6-13(10-16)12(2)17-15/h4-8,11H,9-10,16H2,1-3H3. The summed E-state index contributed by atoms with van der Waals surface area (Å²) in [5.41, 5.74) is 7.81. The van der Waals surface area contributed by atoms with Gasteiger partial charge in [-0.25, -0.2) is 4.98 Å². The highest BCUT2D eigenvalue weighted by Crippen LogP contribution is 2.19. The molecule has 2 heterocycles. The van der Waals surface area contributed by atoms with Gasteiger partial charge in [-0.2, -0.15) is 0 Å². The third-order valence-electron chi connectivity index (χ3n) is 3.50. The monoisotopic (exact) mass is 275 g/mol. The smallest absolute Gasteiger partial charge is 0.128 e. The highest BCUT2D eigenvalue weighted by molar-refractivity contribution is 7.09. The summed E-state index contributed by atoms with van der Waals surface area (Å²) in [7, 11) is 2.10. The number of likely N-dealkylation sites (N-methyl/N-ethyl adjacent to an activating group) is 1. The Balaban J connectivity index is 2.10. The number of nitrogens with zero attached hydrogens (tertiary/aromatic N) is 2. The Labute approximate surface area is 119 Å². The van der Waals surface area contributed by atoms with Gasteiger partial charge in [0.15, 0.2) is 0 Å². The largest absolute Gasteiger partial charge is 0.357 e. The number of hydrogen-bond acceptors (Lipinski definition) is 4. The topological polar surface area (TPSA) is 42.2 Å². The number of pyridine rings is 1. The number of aryl methyl sites for hydroxylation is 1. The van der Waals surface area contributed by atoms with Crippen LogP contribution < -0.4 is 10.6 Å². The Morgan fingerprint density at radius 3 is 2.74 bits per heavy atom. The number of thiophene rings is 1. The highest BCUT2D eigenvalue weighted by Gasteiger charge is 2.13. The van der Waals surface area contributed by atoms with Crippen molar-refractivity contribution >= 4 is 17.2 Å². The lowest BCUT2D eigenvalue weighted by molar-refractivity contribution is 0.679. The van der Waals surface area contributed by atoms with Gasteiger partial charge in [-0.1, -0.05) is 12.1 Å². The molecule has 0 saturated carbocycles. The number of nitrogens with two attached hydrogens (primary N) is 1. The zero-order valence-corrected chi connectivity index (χ0v) is 12.6. The van der Waals surface area contributed by atoms with Gasteiger partial charge in [0.1, 0.15) is 5.82 Å². The summed E-state index contributed by atoms with van der Waals surface area (Å²) in [6.07, 6.45) is 1.05. The van der Waals surface area contributed by atoms with Crippen LogP contribution in [0.2, 0.25) is 0 Å². The van der Waals surface area contributed by atoms with Gasteiger partial charge in [0.25, 0.3) is 0 Å². The Morgan fingerprint density at radius 1 is 1.37 bits per heavy atom. The van der Waals surface area contributed by atoms with E-state index in [1.54, 1.807) is 0 Å². The van der Waals surface area contributed by atoms with Crippen molar-refractivity contribution < 1.29 is 0 Å². The molecule has 1 unspecified atom stereocenters. The first kappa shape index (κ1) is 14.0. The minimum atomic E-state index is 0.425. The third-order valence-corrected chi connectivity index (χ3v) is 4.40. The number of rotatable bonds is 5. The van der Waals surface area contributed by atoms with Gasteiger partial charge in [-0.05, 0) is 36.9 Å². The molecule has 1 atom stereocenters. The van der Waals surface area contributed by atoms with Crippen LogP contribution in [0.25, 0.3) is 0 Å². The van der Waals surface area contributed by atoms with Gasteiger partial charge >= 0.3 is 0 Å². The average molecular weight is 275 g/mol. The second-order valence-electron chi connectivity index (χ2n) is 4.86. The van der Waals surface area contributed by atoms with Crippen molar-refractivity contribution in [2.75, 3.05) is 11.9 Å². The van der Waals surface area contributed by atoms with Crippen molar-refractivity contribution in [1.29, 1.82) is 0 Å². The summed E-state index contributed by atoms with van der Waals surface area (Å²) >= 11 is 1.81.